The van der Waals surface area contributed by atoms with E-state index in [0.29, 0.717) is 6.54 Å². The molecular formula is C18H27N3O2S. The molecule has 0 unspecified atom stereocenters. The highest BCUT2D eigenvalue weighted by atomic mass is 32.2. The van der Waals surface area contributed by atoms with Crippen LogP contribution >= 0.6 is 0 Å². The van der Waals surface area contributed by atoms with Gasteiger partial charge in [0.25, 0.3) is 0 Å². The van der Waals surface area contributed by atoms with Crippen LogP contribution in [0.1, 0.15) is 38.8 Å². The van der Waals surface area contributed by atoms with Crippen molar-refractivity contribution in [1.29, 1.82) is 0 Å². The van der Waals surface area contributed by atoms with Gasteiger partial charge in [-0.15, -0.1) is 0 Å². The smallest absolute Gasteiger partial charge is 0.213 e. The highest BCUT2D eigenvalue weighted by Crippen LogP contribution is 2.11. The molecule has 0 saturated carbocycles. The summed E-state index contributed by atoms with van der Waals surface area (Å²) < 4.78 is 25.8. The third kappa shape index (κ3) is 5.85. The van der Waals surface area contributed by atoms with E-state index in [-0.39, 0.29) is 5.25 Å². The molecule has 24 heavy (non-hydrogen) atoms. The molecule has 2 rings (SSSR count). The molecule has 0 spiro atoms. The molecule has 0 aliphatic carbocycles. The van der Waals surface area contributed by atoms with Gasteiger partial charge in [-0.25, -0.2) is 13.1 Å². The summed E-state index contributed by atoms with van der Waals surface area (Å²) in [6.07, 6.45) is 2.89. The van der Waals surface area contributed by atoms with Crippen LogP contribution in [-0.2, 0) is 16.6 Å². The van der Waals surface area contributed by atoms with Crippen molar-refractivity contribution in [3.05, 3.63) is 42.1 Å². The molecule has 0 aliphatic heterocycles. The van der Waals surface area contributed by atoms with Crippen molar-refractivity contribution in [3.63, 3.8) is 0 Å². The van der Waals surface area contributed by atoms with E-state index < -0.39 is 10.0 Å². The lowest BCUT2D eigenvalue weighted by atomic mass is 10.2. The Morgan fingerprint density at radius 3 is 2.54 bits per heavy atom. The number of nitrogens with zero attached hydrogens (tertiary/aromatic N) is 1. The Balaban J connectivity index is 1.59. The Morgan fingerprint density at radius 2 is 1.75 bits per heavy atom. The monoisotopic (exact) mass is 349 g/mol. The number of sulfonamides is 1. The van der Waals surface area contributed by atoms with Crippen molar-refractivity contribution in [2.75, 3.05) is 13.1 Å². The molecule has 0 bridgehead atoms. The minimum Gasteiger partial charge on any atom is -0.311 e. The first kappa shape index (κ1) is 18.8. The van der Waals surface area contributed by atoms with Gasteiger partial charge in [0.05, 0.1) is 16.5 Å². The summed E-state index contributed by atoms with van der Waals surface area (Å²) in [6.45, 7) is 5.56. The van der Waals surface area contributed by atoms with E-state index in [1.807, 2.05) is 18.2 Å². The van der Waals surface area contributed by atoms with E-state index in [1.165, 1.54) is 0 Å². The third-order valence-corrected chi connectivity index (χ3v) is 5.76. The second kappa shape index (κ2) is 9.11. The van der Waals surface area contributed by atoms with Crippen molar-refractivity contribution in [3.8, 4) is 0 Å². The van der Waals surface area contributed by atoms with Crippen LogP contribution in [0.5, 0.6) is 0 Å². The normalized spacial score (nSPS) is 12.1. The zero-order valence-corrected chi connectivity index (χ0v) is 15.3. The predicted molar refractivity (Wildman–Crippen MR) is 99.4 cm³/mol. The summed E-state index contributed by atoms with van der Waals surface area (Å²) in [4.78, 5) is 4.63. The predicted octanol–water partition coefficient (Wildman–Crippen LogP) is 2.82. The molecule has 6 heteroatoms. The molecule has 0 amide bonds. The summed E-state index contributed by atoms with van der Waals surface area (Å²) in [5, 5.41) is 4.18. The lowest BCUT2D eigenvalue weighted by molar-refractivity contribution is 0.560. The Bertz CT molecular complexity index is 745. The summed E-state index contributed by atoms with van der Waals surface area (Å²) in [5.74, 6) is 0. The van der Waals surface area contributed by atoms with Gasteiger partial charge in [0.2, 0.25) is 10.0 Å². The molecule has 1 aromatic heterocycles. The van der Waals surface area contributed by atoms with Crippen LogP contribution in [0, 0.1) is 0 Å². The average Bonchev–Trinajstić information content (AvgIpc) is 2.57. The first-order valence-corrected chi connectivity index (χ1v) is 10.1. The maximum absolute atomic E-state index is 11.6. The minimum absolute atomic E-state index is 0.367. The van der Waals surface area contributed by atoms with Crippen LogP contribution in [0.15, 0.2) is 36.4 Å². The number of para-hydroxylation sites is 1. The van der Waals surface area contributed by atoms with Crippen LogP contribution in [0.3, 0.4) is 0 Å². The van der Waals surface area contributed by atoms with Gasteiger partial charge < -0.3 is 5.32 Å². The molecule has 132 valence electrons. The first-order chi connectivity index (χ1) is 11.5. The second-order valence-corrected chi connectivity index (χ2v) is 8.54. The fourth-order valence-corrected chi connectivity index (χ4v) is 3.12. The van der Waals surface area contributed by atoms with Crippen LogP contribution in [0.4, 0.5) is 0 Å². The number of nitrogens with one attached hydrogen (secondary N) is 2. The largest absolute Gasteiger partial charge is 0.311 e. The zero-order chi connectivity index (χ0) is 17.4. The number of rotatable bonds is 10. The third-order valence-electron chi connectivity index (χ3n) is 3.92. The molecule has 5 nitrogen and oxygen atoms in total. The number of benzene rings is 1. The molecule has 2 N–H and O–H groups in total. The maximum atomic E-state index is 11.6. The van der Waals surface area contributed by atoms with E-state index in [2.05, 4.69) is 33.2 Å². The van der Waals surface area contributed by atoms with Gasteiger partial charge in [-0.2, -0.15) is 0 Å². The van der Waals surface area contributed by atoms with Gasteiger partial charge in [-0.05, 0) is 45.4 Å². The number of fused-ring (bicyclic) bond motifs is 1. The molecule has 0 saturated heterocycles. The van der Waals surface area contributed by atoms with Crippen molar-refractivity contribution >= 4 is 20.9 Å². The van der Waals surface area contributed by atoms with Crippen molar-refractivity contribution in [2.45, 2.75) is 44.9 Å². The molecule has 0 aliphatic rings. The van der Waals surface area contributed by atoms with Crippen molar-refractivity contribution < 1.29 is 8.42 Å². The topological polar surface area (TPSA) is 71.1 Å². The highest BCUT2D eigenvalue weighted by molar-refractivity contribution is 7.90. The average molecular weight is 350 g/mol. The number of aromatic nitrogens is 1. The van der Waals surface area contributed by atoms with E-state index in [4.69, 9.17) is 0 Å². The Morgan fingerprint density at radius 1 is 1.00 bits per heavy atom. The Kier molecular flexibility index (Phi) is 7.15. The summed E-state index contributed by atoms with van der Waals surface area (Å²) in [5.41, 5.74) is 2.06. The number of hydrogen-bond donors (Lipinski definition) is 2. The van der Waals surface area contributed by atoms with Crippen LogP contribution < -0.4 is 10.0 Å². The molecule has 0 radical (unpaired) electrons. The molecular weight excluding hydrogens is 322 g/mol. The fraction of sp³-hybridized carbons (Fsp3) is 0.500. The Labute approximate surface area is 144 Å². The van der Waals surface area contributed by atoms with E-state index in [0.717, 1.165) is 48.9 Å². The van der Waals surface area contributed by atoms with Crippen LogP contribution in [-0.4, -0.2) is 31.7 Å². The van der Waals surface area contributed by atoms with Gasteiger partial charge in [0.15, 0.2) is 0 Å². The van der Waals surface area contributed by atoms with Gasteiger partial charge >= 0.3 is 0 Å². The zero-order valence-electron chi connectivity index (χ0n) is 14.5. The van der Waals surface area contributed by atoms with Crippen LogP contribution in [0.2, 0.25) is 0 Å². The molecule has 1 aromatic carbocycles. The molecule has 1 heterocycles. The quantitative estimate of drug-likeness (QED) is 0.647. The van der Waals surface area contributed by atoms with Crippen molar-refractivity contribution in [1.82, 2.24) is 15.0 Å². The standard InChI is InChI=1S/C18H27N3O2S/c1-15(2)24(22,23)20-13-7-3-6-12-19-14-17-11-10-16-8-4-5-9-18(16)21-17/h4-5,8-11,15,19-20H,3,6-7,12-14H2,1-2H3. The number of unbranched alkanes of at least 4 members (excludes halogenated alkanes) is 2. The highest BCUT2D eigenvalue weighted by Gasteiger charge is 2.13. The number of hydrogen-bond acceptors (Lipinski definition) is 4. The number of pyridine rings is 1. The lowest BCUT2D eigenvalue weighted by Gasteiger charge is -2.09. The first-order valence-electron chi connectivity index (χ1n) is 8.53. The van der Waals surface area contributed by atoms with Crippen molar-refractivity contribution in [2.24, 2.45) is 0 Å². The van der Waals surface area contributed by atoms with Gasteiger partial charge in [0, 0.05) is 18.5 Å². The summed E-state index contributed by atoms with van der Waals surface area (Å²) in [6, 6.07) is 12.3. The molecule has 2 aromatic rings. The maximum Gasteiger partial charge on any atom is 0.213 e. The van der Waals surface area contributed by atoms with E-state index >= 15 is 0 Å². The minimum atomic E-state index is -3.12. The Hall–Kier alpha value is -1.50. The lowest BCUT2D eigenvalue weighted by Crippen LogP contribution is -2.31. The summed E-state index contributed by atoms with van der Waals surface area (Å²) >= 11 is 0. The SMILES string of the molecule is CC(C)S(=O)(=O)NCCCCCNCc1ccc2ccccc2n1. The van der Waals surface area contributed by atoms with Crippen LogP contribution in [0.25, 0.3) is 10.9 Å². The fourth-order valence-electron chi connectivity index (χ4n) is 2.36. The van der Waals surface area contributed by atoms with Gasteiger partial charge in [-0.1, -0.05) is 30.7 Å². The van der Waals surface area contributed by atoms with Gasteiger partial charge in [0.1, 0.15) is 0 Å². The summed E-state index contributed by atoms with van der Waals surface area (Å²) in [7, 11) is -3.12. The second-order valence-electron chi connectivity index (χ2n) is 6.22. The molecule has 0 fully saturated rings. The molecule has 0 atom stereocenters. The van der Waals surface area contributed by atoms with E-state index in [9.17, 15) is 8.42 Å². The van der Waals surface area contributed by atoms with Gasteiger partial charge in [-0.3, -0.25) is 4.98 Å². The van der Waals surface area contributed by atoms with E-state index in [1.54, 1.807) is 13.8 Å².